The van der Waals surface area contributed by atoms with Crippen LogP contribution in [0.15, 0.2) is 60.7 Å². The fourth-order valence-electron chi connectivity index (χ4n) is 2.06. The lowest BCUT2D eigenvalue weighted by Gasteiger charge is -2.24. The standard InChI is InChI=1S/C16H16ClNO2/c17-11-14(19)18-15(12-7-3-1-4-8-12)16(20)13-9-5-2-6-10-13/h1-10,15-16,20H,11H2,(H,18,19)/t15-,16-/m0/s1. The van der Waals surface area contributed by atoms with Crippen LogP contribution in [0.3, 0.4) is 0 Å². The Balaban J connectivity index is 2.29. The number of aliphatic hydroxyl groups is 1. The number of carbonyl (C=O) groups excluding carboxylic acids is 1. The summed E-state index contributed by atoms with van der Waals surface area (Å²) >= 11 is 5.54. The third-order valence-electron chi connectivity index (χ3n) is 3.05. The summed E-state index contributed by atoms with van der Waals surface area (Å²) in [5, 5.41) is 13.3. The van der Waals surface area contributed by atoms with Crippen LogP contribution in [0.1, 0.15) is 23.3 Å². The summed E-state index contributed by atoms with van der Waals surface area (Å²) in [6.45, 7) is 0. The smallest absolute Gasteiger partial charge is 0.235 e. The molecule has 0 aromatic heterocycles. The maximum Gasteiger partial charge on any atom is 0.235 e. The number of rotatable bonds is 5. The Hall–Kier alpha value is -1.84. The van der Waals surface area contributed by atoms with Crippen molar-refractivity contribution in [1.29, 1.82) is 0 Å². The predicted octanol–water partition coefficient (Wildman–Crippen LogP) is 2.82. The Labute approximate surface area is 123 Å². The lowest BCUT2D eigenvalue weighted by Crippen LogP contribution is -2.33. The molecule has 0 spiro atoms. The monoisotopic (exact) mass is 289 g/mol. The van der Waals surface area contributed by atoms with Gasteiger partial charge in [0.15, 0.2) is 0 Å². The first-order chi connectivity index (χ1) is 9.72. The fourth-order valence-corrected chi connectivity index (χ4v) is 2.14. The highest BCUT2D eigenvalue weighted by Gasteiger charge is 2.23. The maximum absolute atomic E-state index is 11.6. The van der Waals surface area contributed by atoms with Crippen LogP contribution in [0.4, 0.5) is 0 Å². The molecule has 2 atom stereocenters. The second-order valence-corrected chi connectivity index (χ2v) is 4.71. The molecule has 0 bridgehead atoms. The number of benzene rings is 2. The van der Waals surface area contributed by atoms with Gasteiger partial charge in [0, 0.05) is 0 Å². The van der Waals surface area contributed by atoms with Crippen molar-refractivity contribution in [3.63, 3.8) is 0 Å². The van der Waals surface area contributed by atoms with Crippen LogP contribution < -0.4 is 5.32 Å². The molecule has 2 rings (SSSR count). The van der Waals surface area contributed by atoms with Gasteiger partial charge >= 0.3 is 0 Å². The van der Waals surface area contributed by atoms with Crippen molar-refractivity contribution in [3.8, 4) is 0 Å². The van der Waals surface area contributed by atoms with Crippen LogP contribution in [0, 0.1) is 0 Å². The number of amides is 1. The molecular formula is C16H16ClNO2. The van der Waals surface area contributed by atoms with Gasteiger partial charge in [0.05, 0.1) is 6.04 Å². The molecule has 0 heterocycles. The summed E-state index contributed by atoms with van der Waals surface area (Å²) in [6.07, 6.45) is -0.828. The highest BCUT2D eigenvalue weighted by molar-refractivity contribution is 6.27. The van der Waals surface area contributed by atoms with Gasteiger partial charge in [-0.3, -0.25) is 4.79 Å². The first-order valence-electron chi connectivity index (χ1n) is 6.35. The number of hydrogen-bond acceptors (Lipinski definition) is 2. The van der Waals surface area contributed by atoms with E-state index in [2.05, 4.69) is 5.32 Å². The Morgan fingerprint density at radius 3 is 2.00 bits per heavy atom. The molecule has 104 valence electrons. The van der Waals surface area contributed by atoms with Gasteiger partial charge in [0.25, 0.3) is 0 Å². The number of aliphatic hydroxyl groups excluding tert-OH is 1. The summed E-state index contributed by atoms with van der Waals surface area (Å²) in [7, 11) is 0. The summed E-state index contributed by atoms with van der Waals surface area (Å²) < 4.78 is 0. The molecule has 0 aliphatic carbocycles. The predicted molar refractivity (Wildman–Crippen MR) is 79.4 cm³/mol. The van der Waals surface area contributed by atoms with Crippen molar-refractivity contribution in [2.75, 3.05) is 5.88 Å². The molecular weight excluding hydrogens is 274 g/mol. The minimum Gasteiger partial charge on any atom is -0.386 e. The average Bonchev–Trinajstić information content (AvgIpc) is 2.53. The zero-order valence-corrected chi connectivity index (χ0v) is 11.6. The first-order valence-corrected chi connectivity index (χ1v) is 6.89. The lowest BCUT2D eigenvalue weighted by atomic mass is 9.96. The van der Waals surface area contributed by atoms with Crippen LogP contribution in [-0.2, 0) is 4.79 Å². The Bertz CT molecular complexity index is 545. The van der Waals surface area contributed by atoms with E-state index in [0.717, 1.165) is 11.1 Å². The minimum absolute atomic E-state index is 0.134. The molecule has 0 radical (unpaired) electrons. The van der Waals surface area contributed by atoms with Crippen molar-refractivity contribution in [2.45, 2.75) is 12.1 Å². The maximum atomic E-state index is 11.6. The van der Waals surface area contributed by atoms with E-state index in [1.807, 2.05) is 60.7 Å². The molecule has 0 aliphatic rings. The van der Waals surface area contributed by atoms with E-state index in [1.54, 1.807) is 0 Å². The van der Waals surface area contributed by atoms with Crippen LogP contribution in [0.2, 0.25) is 0 Å². The van der Waals surface area contributed by atoms with E-state index in [-0.39, 0.29) is 11.8 Å². The molecule has 2 aromatic rings. The van der Waals surface area contributed by atoms with Crippen molar-refractivity contribution in [3.05, 3.63) is 71.8 Å². The van der Waals surface area contributed by atoms with Crippen molar-refractivity contribution < 1.29 is 9.90 Å². The van der Waals surface area contributed by atoms with Crippen LogP contribution in [0.5, 0.6) is 0 Å². The largest absolute Gasteiger partial charge is 0.386 e. The Morgan fingerprint density at radius 1 is 1.00 bits per heavy atom. The highest BCUT2D eigenvalue weighted by atomic mass is 35.5. The zero-order chi connectivity index (χ0) is 14.4. The van der Waals surface area contributed by atoms with Gasteiger partial charge in [-0.2, -0.15) is 0 Å². The molecule has 2 aromatic carbocycles. The van der Waals surface area contributed by atoms with Crippen LogP contribution in [0.25, 0.3) is 0 Å². The fraction of sp³-hybridized carbons (Fsp3) is 0.188. The third-order valence-corrected chi connectivity index (χ3v) is 3.30. The third kappa shape index (κ3) is 3.59. The van der Waals surface area contributed by atoms with Crippen molar-refractivity contribution in [2.24, 2.45) is 0 Å². The first kappa shape index (κ1) is 14.6. The van der Waals surface area contributed by atoms with E-state index >= 15 is 0 Å². The normalized spacial score (nSPS) is 13.5. The second-order valence-electron chi connectivity index (χ2n) is 4.45. The molecule has 4 heteroatoms. The molecule has 0 saturated heterocycles. The molecule has 0 unspecified atom stereocenters. The van der Waals surface area contributed by atoms with Gasteiger partial charge in [-0.25, -0.2) is 0 Å². The van der Waals surface area contributed by atoms with Gasteiger partial charge in [-0.05, 0) is 11.1 Å². The van der Waals surface area contributed by atoms with Gasteiger partial charge in [0.1, 0.15) is 12.0 Å². The Kier molecular flexibility index (Phi) is 5.16. The van der Waals surface area contributed by atoms with Crippen LogP contribution in [-0.4, -0.2) is 16.9 Å². The molecule has 3 nitrogen and oxygen atoms in total. The summed E-state index contributed by atoms with van der Waals surface area (Å²) in [4.78, 5) is 11.6. The minimum atomic E-state index is -0.828. The quantitative estimate of drug-likeness (QED) is 0.832. The van der Waals surface area contributed by atoms with Gasteiger partial charge in [0.2, 0.25) is 5.91 Å². The number of nitrogens with one attached hydrogen (secondary N) is 1. The van der Waals surface area contributed by atoms with Crippen molar-refractivity contribution in [1.82, 2.24) is 5.32 Å². The zero-order valence-electron chi connectivity index (χ0n) is 10.9. The molecule has 0 aliphatic heterocycles. The van der Waals surface area contributed by atoms with Crippen LogP contribution >= 0.6 is 11.6 Å². The van der Waals surface area contributed by atoms with Gasteiger partial charge in [-0.1, -0.05) is 60.7 Å². The number of carbonyl (C=O) groups is 1. The molecule has 0 saturated carbocycles. The highest BCUT2D eigenvalue weighted by Crippen LogP contribution is 2.28. The SMILES string of the molecule is O=C(CCl)N[C@@H](c1ccccc1)[C@@H](O)c1ccccc1. The summed E-state index contributed by atoms with van der Waals surface area (Å²) in [5.74, 6) is -0.444. The molecule has 2 N–H and O–H groups in total. The van der Waals surface area contributed by atoms with E-state index in [9.17, 15) is 9.90 Å². The molecule has 0 fully saturated rings. The lowest BCUT2D eigenvalue weighted by molar-refractivity contribution is -0.120. The average molecular weight is 290 g/mol. The number of alkyl halides is 1. The number of hydrogen-bond donors (Lipinski definition) is 2. The number of halogens is 1. The summed E-state index contributed by atoms with van der Waals surface area (Å²) in [5.41, 5.74) is 1.58. The molecule has 20 heavy (non-hydrogen) atoms. The Morgan fingerprint density at radius 2 is 1.50 bits per heavy atom. The topological polar surface area (TPSA) is 49.3 Å². The molecule has 1 amide bonds. The second kappa shape index (κ2) is 7.08. The van der Waals surface area contributed by atoms with Gasteiger partial charge in [-0.15, -0.1) is 11.6 Å². The summed E-state index contributed by atoms with van der Waals surface area (Å²) in [6, 6.07) is 18.1. The van der Waals surface area contributed by atoms with E-state index in [4.69, 9.17) is 11.6 Å². The van der Waals surface area contributed by atoms with Gasteiger partial charge < -0.3 is 10.4 Å². The van der Waals surface area contributed by atoms with E-state index in [0.29, 0.717) is 0 Å². The van der Waals surface area contributed by atoms with E-state index < -0.39 is 12.1 Å². The van der Waals surface area contributed by atoms with Crippen molar-refractivity contribution >= 4 is 17.5 Å². The van der Waals surface area contributed by atoms with E-state index in [1.165, 1.54) is 0 Å².